The Morgan fingerprint density at radius 3 is 1.58 bits per heavy atom. The summed E-state index contributed by atoms with van der Waals surface area (Å²) < 4.78 is 117. The first kappa shape index (κ1) is 24.2. The van der Waals surface area contributed by atoms with Crippen molar-refractivity contribution in [3.63, 3.8) is 0 Å². The summed E-state index contributed by atoms with van der Waals surface area (Å²) in [6.07, 6.45) is 0. The van der Waals surface area contributed by atoms with Crippen molar-refractivity contribution < 1.29 is 17.8 Å². The van der Waals surface area contributed by atoms with Crippen LogP contribution in [-0.2, 0) is 5.41 Å². The van der Waals surface area contributed by atoms with Crippen molar-refractivity contribution in [2.24, 2.45) is 0 Å². The minimum atomic E-state index is -0.835. The summed E-state index contributed by atoms with van der Waals surface area (Å²) >= 11 is 0. The molecule has 60 heavy (non-hydrogen) atoms. The summed E-state index contributed by atoms with van der Waals surface area (Å²) in [5.74, 6) is 0. The van der Waals surface area contributed by atoms with E-state index >= 15 is 0 Å². The van der Waals surface area contributed by atoms with E-state index in [2.05, 4.69) is 42.5 Å². The smallest absolute Gasteiger partial charge is 0.0714 e. The van der Waals surface area contributed by atoms with E-state index < -0.39 is 106 Å². The van der Waals surface area contributed by atoms with E-state index in [0.717, 1.165) is 55.3 Å². The molecular weight excluding hydrogens is 723 g/mol. The second kappa shape index (κ2) is 14.9. The van der Waals surface area contributed by atoms with Gasteiger partial charge in [-0.2, -0.15) is 0 Å². The molecule has 0 saturated heterocycles. The van der Waals surface area contributed by atoms with Gasteiger partial charge in [-0.25, -0.2) is 0 Å². The molecular formula is C59H41N. The molecule has 0 fully saturated rings. The Hall–Kier alpha value is -7.74. The minimum Gasteiger partial charge on any atom is -0.310 e. The Kier molecular flexibility index (Phi) is 6.02. The Morgan fingerprint density at radius 1 is 0.333 bits per heavy atom. The molecule has 0 aliphatic heterocycles. The molecule has 1 aliphatic rings. The number of rotatable bonds is 8. The Balaban J connectivity index is 1.18. The van der Waals surface area contributed by atoms with Gasteiger partial charge < -0.3 is 4.90 Å². The first-order valence-corrected chi connectivity index (χ1v) is 19.7. The number of hydrogen-bond donors (Lipinski definition) is 0. The molecule has 10 aromatic carbocycles. The molecule has 0 spiro atoms. The van der Waals surface area contributed by atoms with Gasteiger partial charge in [0.15, 0.2) is 0 Å². The van der Waals surface area contributed by atoms with Crippen molar-refractivity contribution in [2.75, 3.05) is 4.90 Å². The lowest BCUT2D eigenvalue weighted by atomic mass is 9.67. The van der Waals surface area contributed by atoms with Crippen molar-refractivity contribution >= 4 is 27.8 Å². The van der Waals surface area contributed by atoms with E-state index in [0.29, 0.717) is 11.4 Å². The van der Waals surface area contributed by atoms with Crippen LogP contribution < -0.4 is 4.90 Å². The van der Waals surface area contributed by atoms with Gasteiger partial charge in [0.05, 0.1) is 23.2 Å². The molecule has 0 bridgehead atoms. The summed E-state index contributed by atoms with van der Waals surface area (Å²) in [5, 5.41) is 2.04. The fraction of sp³-hybridized carbons (Fsp3) is 0.0169. The molecule has 1 heteroatoms. The third-order valence-electron chi connectivity index (χ3n) is 11.4. The third-order valence-corrected chi connectivity index (χ3v) is 11.4. The maximum atomic E-state index is 9.87. The van der Waals surface area contributed by atoms with Crippen molar-refractivity contribution in [2.45, 2.75) is 5.41 Å². The molecule has 0 amide bonds. The molecule has 0 aromatic heterocycles. The number of nitrogens with zero attached hydrogens (tertiary/aromatic N) is 1. The van der Waals surface area contributed by atoms with Crippen LogP contribution in [0.1, 0.15) is 40.1 Å². The molecule has 1 aliphatic carbocycles. The molecule has 10 aromatic rings. The summed E-state index contributed by atoms with van der Waals surface area (Å²) in [6.45, 7) is 0. The standard InChI is InChI=1S/C59H41N/c1-4-16-42(17-5-1)43-30-32-44(33-31-43)45-34-36-50(37-35-45)60(51-25-14-20-47(40-51)54-28-15-19-46-18-10-11-26-53(46)54)52-38-39-56-55-27-12-13-29-57(55)59(58(56)41-52,48-21-6-2-7-22-48)49-23-8-3-9-24-49/h1-41H/i1D,4D,5D,16D,17D,30D,31D,32D,33D,34D,35D,36D,37D. The molecule has 0 saturated carbocycles. The molecule has 282 valence electrons. The number of anilines is 3. The van der Waals surface area contributed by atoms with Crippen LogP contribution in [0.4, 0.5) is 17.1 Å². The molecule has 0 unspecified atom stereocenters. The average molecular weight is 777 g/mol. The van der Waals surface area contributed by atoms with E-state index in [1.54, 1.807) is 4.90 Å². The molecule has 0 atom stereocenters. The normalized spacial score (nSPS) is 15.5. The van der Waals surface area contributed by atoms with E-state index in [-0.39, 0.29) is 5.69 Å². The quantitative estimate of drug-likeness (QED) is 0.149. The number of fused-ring (bicyclic) bond motifs is 4. The molecule has 11 rings (SSSR count). The highest BCUT2D eigenvalue weighted by atomic mass is 15.1. The van der Waals surface area contributed by atoms with E-state index in [1.165, 1.54) is 0 Å². The zero-order chi connectivity index (χ0) is 51.2. The van der Waals surface area contributed by atoms with E-state index in [4.69, 9.17) is 9.60 Å². The van der Waals surface area contributed by atoms with Crippen LogP contribution in [0.15, 0.2) is 248 Å². The molecule has 0 heterocycles. The maximum absolute atomic E-state index is 9.87. The first-order chi connectivity index (χ1) is 35.2. The fourth-order valence-electron chi connectivity index (χ4n) is 8.75. The van der Waals surface area contributed by atoms with Crippen LogP contribution in [0.5, 0.6) is 0 Å². The van der Waals surface area contributed by atoms with Gasteiger partial charge in [0.25, 0.3) is 0 Å². The van der Waals surface area contributed by atoms with Crippen molar-refractivity contribution in [3.05, 3.63) is 271 Å². The molecule has 0 radical (unpaired) electrons. The molecule has 0 N–H and O–H groups in total. The van der Waals surface area contributed by atoms with Crippen molar-refractivity contribution in [3.8, 4) is 44.5 Å². The van der Waals surface area contributed by atoms with Crippen LogP contribution in [0.25, 0.3) is 55.3 Å². The monoisotopic (exact) mass is 776 g/mol. The van der Waals surface area contributed by atoms with Gasteiger partial charge in [-0.1, -0.05) is 212 Å². The first-order valence-electron chi connectivity index (χ1n) is 26.2. The Bertz CT molecular complexity index is 3780. The Morgan fingerprint density at radius 2 is 0.867 bits per heavy atom. The van der Waals surface area contributed by atoms with E-state index in [1.807, 2.05) is 127 Å². The summed E-state index contributed by atoms with van der Waals surface area (Å²) in [7, 11) is 0. The van der Waals surface area contributed by atoms with Gasteiger partial charge in [0, 0.05) is 17.1 Å². The lowest BCUT2D eigenvalue weighted by molar-refractivity contribution is 0.768. The largest absolute Gasteiger partial charge is 0.310 e. The summed E-state index contributed by atoms with van der Waals surface area (Å²) in [5.41, 5.74) is 5.70. The Labute approximate surface area is 370 Å². The highest BCUT2D eigenvalue weighted by molar-refractivity contribution is 5.98. The highest BCUT2D eigenvalue weighted by Gasteiger charge is 2.46. The second-order valence-corrected chi connectivity index (χ2v) is 14.6. The highest BCUT2D eigenvalue weighted by Crippen LogP contribution is 2.57. The average Bonchev–Trinajstić information content (AvgIpc) is 3.73. The van der Waals surface area contributed by atoms with Crippen molar-refractivity contribution in [1.82, 2.24) is 0 Å². The minimum absolute atomic E-state index is 0.139. The van der Waals surface area contributed by atoms with Crippen LogP contribution in [0.3, 0.4) is 0 Å². The predicted octanol–water partition coefficient (Wildman–Crippen LogP) is 15.7. The topological polar surface area (TPSA) is 3.24 Å². The zero-order valence-electron chi connectivity index (χ0n) is 45.1. The van der Waals surface area contributed by atoms with Gasteiger partial charge in [-0.3, -0.25) is 0 Å². The maximum Gasteiger partial charge on any atom is 0.0714 e. The van der Waals surface area contributed by atoms with Crippen LogP contribution in [-0.4, -0.2) is 0 Å². The third kappa shape index (κ3) is 5.94. The number of benzene rings is 10. The van der Waals surface area contributed by atoms with Crippen molar-refractivity contribution in [1.29, 1.82) is 0 Å². The second-order valence-electron chi connectivity index (χ2n) is 14.6. The summed E-state index contributed by atoms with van der Waals surface area (Å²) in [4.78, 5) is 1.71. The SMILES string of the molecule is [2H]c1c([2H])c([2H])c(-c2c([2H])c([2H])c(-c3c([2H])c([2H])c(N(c4cccc(-c5cccc6ccccc56)c4)c4ccc5c(c4)C(c4ccccc4)(c4ccccc4)c4ccccc4-5)c([2H])c3[2H])c([2H])c2[2H])c([2H])c1[2H]. The van der Waals surface area contributed by atoms with Gasteiger partial charge in [-0.15, -0.1) is 0 Å². The lowest BCUT2D eigenvalue weighted by Crippen LogP contribution is -2.28. The molecule has 1 nitrogen and oxygen atoms in total. The summed E-state index contributed by atoms with van der Waals surface area (Å²) in [6, 6.07) is 47.5. The van der Waals surface area contributed by atoms with Gasteiger partial charge in [-0.05, 0) is 114 Å². The van der Waals surface area contributed by atoms with Gasteiger partial charge >= 0.3 is 0 Å². The predicted molar refractivity (Wildman–Crippen MR) is 252 cm³/mol. The fourth-order valence-corrected chi connectivity index (χ4v) is 8.75. The zero-order valence-corrected chi connectivity index (χ0v) is 32.1. The van der Waals surface area contributed by atoms with Crippen LogP contribution in [0.2, 0.25) is 0 Å². The van der Waals surface area contributed by atoms with E-state index in [9.17, 15) is 8.22 Å². The van der Waals surface area contributed by atoms with Gasteiger partial charge in [0.1, 0.15) is 0 Å². The lowest BCUT2D eigenvalue weighted by Gasteiger charge is -2.35. The van der Waals surface area contributed by atoms with Gasteiger partial charge in [0.2, 0.25) is 0 Å². The van der Waals surface area contributed by atoms with Crippen LogP contribution >= 0.6 is 0 Å². The number of hydrogen-bond acceptors (Lipinski definition) is 1. The van der Waals surface area contributed by atoms with Crippen LogP contribution in [0, 0.1) is 0 Å².